The maximum atomic E-state index is 5.68. The molecule has 2 N–H and O–H groups in total. The van der Waals surface area contributed by atoms with Crippen molar-refractivity contribution >= 4 is 23.1 Å². The summed E-state index contributed by atoms with van der Waals surface area (Å²) in [6, 6.07) is 15.2. The van der Waals surface area contributed by atoms with Gasteiger partial charge in [-0.3, -0.25) is 9.97 Å². The number of hydrogen-bond acceptors (Lipinski definition) is 8. The van der Waals surface area contributed by atoms with E-state index in [9.17, 15) is 0 Å². The third-order valence-electron chi connectivity index (χ3n) is 4.77. The molecule has 154 valence electrons. The van der Waals surface area contributed by atoms with E-state index in [1.165, 1.54) is 0 Å². The van der Waals surface area contributed by atoms with Crippen LogP contribution in [-0.2, 0) is 0 Å². The second-order valence-electron chi connectivity index (χ2n) is 6.94. The van der Waals surface area contributed by atoms with Crippen molar-refractivity contribution in [2.24, 2.45) is 0 Å². The quantitative estimate of drug-likeness (QED) is 0.495. The van der Waals surface area contributed by atoms with Gasteiger partial charge < -0.3 is 20.1 Å². The standard InChI is InChI=1S/C23H20N6O2/c1-15-13-19-20(31-12-11-30-19)14-18(15)28-23-26-10-7-21(29-23)27-17-6-4-9-25-22(17)16-5-2-3-8-24-16/h2-10,13-14H,11-12H2,1H3,(H2,26,27,28,29). The van der Waals surface area contributed by atoms with E-state index >= 15 is 0 Å². The molecule has 0 atom stereocenters. The number of fused-ring (bicyclic) bond motifs is 1. The van der Waals surface area contributed by atoms with Gasteiger partial charge in [-0.25, -0.2) is 4.98 Å². The zero-order valence-corrected chi connectivity index (χ0v) is 16.9. The van der Waals surface area contributed by atoms with Crippen LogP contribution in [0.4, 0.5) is 23.1 Å². The van der Waals surface area contributed by atoms with Crippen LogP contribution in [0.15, 0.2) is 67.1 Å². The minimum atomic E-state index is 0.466. The van der Waals surface area contributed by atoms with Crippen LogP contribution >= 0.6 is 0 Å². The van der Waals surface area contributed by atoms with E-state index in [-0.39, 0.29) is 0 Å². The monoisotopic (exact) mass is 412 g/mol. The van der Waals surface area contributed by atoms with E-state index in [2.05, 4.69) is 30.6 Å². The van der Waals surface area contributed by atoms with Crippen LogP contribution < -0.4 is 20.1 Å². The smallest absolute Gasteiger partial charge is 0.229 e. The second kappa shape index (κ2) is 8.27. The number of anilines is 4. The topological polar surface area (TPSA) is 94.1 Å². The minimum Gasteiger partial charge on any atom is -0.486 e. The average molecular weight is 412 g/mol. The van der Waals surface area contributed by atoms with E-state index in [4.69, 9.17) is 9.47 Å². The predicted octanol–water partition coefficient (Wildman–Crippen LogP) is 4.50. The molecule has 31 heavy (non-hydrogen) atoms. The van der Waals surface area contributed by atoms with Crippen molar-refractivity contribution < 1.29 is 9.47 Å². The maximum absolute atomic E-state index is 5.68. The van der Waals surface area contributed by atoms with E-state index in [0.717, 1.165) is 34.1 Å². The molecule has 0 bridgehead atoms. The Morgan fingerprint density at radius 2 is 1.61 bits per heavy atom. The predicted molar refractivity (Wildman–Crippen MR) is 118 cm³/mol. The summed E-state index contributed by atoms with van der Waals surface area (Å²) in [6.07, 6.45) is 5.19. The number of nitrogens with zero attached hydrogens (tertiary/aromatic N) is 4. The summed E-state index contributed by atoms with van der Waals surface area (Å²) in [5.74, 6) is 2.57. The molecule has 3 aromatic heterocycles. The SMILES string of the molecule is Cc1cc2c(cc1Nc1nccc(Nc3cccnc3-c3ccccn3)n1)OCCO2. The molecule has 0 unspecified atom stereocenters. The third kappa shape index (κ3) is 4.09. The fourth-order valence-electron chi connectivity index (χ4n) is 3.29. The lowest BCUT2D eigenvalue weighted by Gasteiger charge is -2.20. The van der Waals surface area contributed by atoms with Crippen molar-refractivity contribution in [3.05, 3.63) is 72.7 Å². The Morgan fingerprint density at radius 3 is 2.45 bits per heavy atom. The minimum absolute atomic E-state index is 0.466. The van der Waals surface area contributed by atoms with Crippen molar-refractivity contribution in [2.45, 2.75) is 6.92 Å². The molecule has 0 radical (unpaired) electrons. The number of rotatable bonds is 5. The fourth-order valence-corrected chi connectivity index (χ4v) is 3.29. The molecule has 4 heterocycles. The number of hydrogen-bond donors (Lipinski definition) is 2. The molecular weight excluding hydrogens is 392 g/mol. The normalized spacial score (nSPS) is 12.3. The van der Waals surface area contributed by atoms with Gasteiger partial charge in [0, 0.05) is 30.3 Å². The first kappa shape index (κ1) is 18.8. The average Bonchev–Trinajstić information content (AvgIpc) is 2.81. The molecule has 1 aliphatic heterocycles. The molecule has 0 amide bonds. The first-order valence-corrected chi connectivity index (χ1v) is 9.90. The summed E-state index contributed by atoms with van der Waals surface area (Å²) in [7, 11) is 0. The largest absolute Gasteiger partial charge is 0.486 e. The Hall–Kier alpha value is -4.20. The number of nitrogens with one attached hydrogen (secondary N) is 2. The number of benzene rings is 1. The van der Waals surface area contributed by atoms with Gasteiger partial charge in [-0.2, -0.15) is 4.98 Å². The van der Waals surface area contributed by atoms with E-state index in [0.29, 0.717) is 30.7 Å². The maximum Gasteiger partial charge on any atom is 0.229 e. The van der Waals surface area contributed by atoms with Gasteiger partial charge in [-0.15, -0.1) is 0 Å². The van der Waals surface area contributed by atoms with Crippen LogP contribution in [0.3, 0.4) is 0 Å². The number of aromatic nitrogens is 4. The number of aryl methyl sites for hydroxylation is 1. The van der Waals surface area contributed by atoms with Crippen molar-refractivity contribution in [3.8, 4) is 22.9 Å². The molecule has 8 nitrogen and oxygen atoms in total. The van der Waals surface area contributed by atoms with E-state index in [1.54, 1.807) is 24.7 Å². The van der Waals surface area contributed by atoms with Crippen LogP contribution in [-0.4, -0.2) is 33.1 Å². The van der Waals surface area contributed by atoms with Gasteiger partial charge in [-0.05, 0) is 48.9 Å². The molecule has 0 spiro atoms. The van der Waals surface area contributed by atoms with Crippen molar-refractivity contribution in [1.29, 1.82) is 0 Å². The van der Waals surface area contributed by atoms with Gasteiger partial charge >= 0.3 is 0 Å². The Bertz CT molecular complexity index is 1220. The Balaban J connectivity index is 1.40. The summed E-state index contributed by atoms with van der Waals surface area (Å²) < 4.78 is 11.3. The zero-order chi connectivity index (χ0) is 21.0. The summed E-state index contributed by atoms with van der Waals surface area (Å²) in [5.41, 5.74) is 4.21. The molecule has 0 fully saturated rings. The molecule has 5 rings (SSSR count). The molecule has 4 aromatic rings. The van der Waals surface area contributed by atoms with E-state index in [1.807, 2.05) is 49.4 Å². The van der Waals surface area contributed by atoms with Gasteiger partial charge in [-0.1, -0.05) is 6.07 Å². The highest BCUT2D eigenvalue weighted by Gasteiger charge is 2.15. The molecule has 0 aliphatic carbocycles. The zero-order valence-electron chi connectivity index (χ0n) is 16.9. The summed E-state index contributed by atoms with van der Waals surface area (Å²) in [5, 5.41) is 6.59. The summed E-state index contributed by atoms with van der Waals surface area (Å²) in [4.78, 5) is 17.8. The lowest BCUT2D eigenvalue weighted by Crippen LogP contribution is -2.15. The van der Waals surface area contributed by atoms with Crippen LogP contribution in [0.5, 0.6) is 11.5 Å². The van der Waals surface area contributed by atoms with Crippen LogP contribution in [0.25, 0.3) is 11.4 Å². The van der Waals surface area contributed by atoms with Gasteiger partial charge in [0.05, 0.1) is 11.4 Å². The van der Waals surface area contributed by atoms with Crippen molar-refractivity contribution in [1.82, 2.24) is 19.9 Å². The highest BCUT2D eigenvalue weighted by atomic mass is 16.6. The third-order valence-corrected chi connectivity index (χ3v) is 4.77. The van der Waals surface area contributed by atoms with Crippen molar-refractivity contribution in [2.75, 3.05) is 23.8 Å². The second-order valence-corrected chi connectivity index (χ2v) is 6.94. The molecule has 8 heteroatoms. The van der Waals surface area contributed by atoms with Crippen LogP contribution in [0, 0.1) is 6.92 Å². The lowest BCUT2D eigenvalue weighted by atomic mass is 10.1. The highest BCUT2D eigenvalue weighted by Crippen LogP contribution is 2.36. The highest BCUT2D eigenvalue weighted by molar-refractivity contribution is 5.75. The number of pyridine rings is 2. The molecule has 1 aliphatic rings. The van der Waals surface area contributed by atoms with E-state index < -0.39 is 0 Å². The molecule has 1 aromatic carbocycles. The van der Waals surface area contributed by atoms with Crippen LogP contribution in [0.2, 0.25) is 0 Å². The van der Waals surface area contributed by atoms with Gasteiger partial charge in [0.2, 0.25) is 5.95 Å². The molecular formula is C23H20N6O2. The number of ether oxygens (including phenoxy) is 2. The lowest BCUT2D eigenvalue weighted by molar-refractivity contribution is 0.171. The molecule has 0 saturated carbocycles. The Labute approximate surface area is 179 Å². The Kier molecular flexibility index (Phi) is 5.02. The fraction of sp³-hybridized carbons (Fsp3) is 0.130. The van der Waals surface area contributed by atoms with Crippen molar-refractivity contribution in [3.63, 3.8) is 0 Å². The van der Waals surface area contributed by atoms with Crippen LogP contribution in [0.1, 0.15) is 5.56 Å². The van der Waals surface area contributed by atoms with Gasteiger partial charge in [0.1, 0.15) is 24.7 Å². The summed E-state index contributed by atoms with van der Waals surface area (Å²) >= 11 is 0. The summed E-state index contributed by atoms with van der Waals surface area (Å²) in [6.45, 7) is 3.09. The van der Waals surface area contributed by atoms with Gasteiger partial charge in [0.25, 0.3) is 0 Å². The first-order valence-electron chi connectivity index (χ1n) is 9.90. The van der Waals surface area contributed by atoms with Gasteiger partial charge in [0.15, 0.2) is 11.5 Å². The Morgan fingerprint density at radius 1 is 0.774 bits per heavy atom. The molecule has 0 saturated heterocycles. The first-order chi connectivity index (χ1) is 15.3.